The molecule has 0 atom stereocenters. The molecule has 112 valence electrons. The molecule has 0 radical (unpaired) electrons. The minimum absolute atomic E-state index is 0.224. The standard InChI is InChI=1S/C15H24N2O3/c1-4-15(5-2,19-6-3)14-16-13(20-17-14)11-7-9-12(18)10-8-11/h11H,4-10H2,1-3H3. The zero-order valence-corrected chi connectivity index (χ0v) is 12.6. The van der Waals surface area contributed by atoms with Crippen LogP contribution in [0.4, 0.5) is 0 Å². The third-order valence-corrected chi connectivity index (χ3v) is 4.30. The van der Waals surface area contributed by atoms with Gasteiger partial charge in [0, 0.05) is 25.4 Å². The molecule has 0 aliphatic heterocycles. The lowest BCUT2D eigenvalue weighted by Gasteiger charge is -2.27. The average Bonchev–Trinajstić information content (AvgIpc) is 2.96. The Hall–Kier alpha value is -1.23. The van der Waals surface area contributed by atoms with Gasteiger partial charge in [0.2, 0.25) is 11.7 Å². The number of ether oxygens (including phenoxy) is 1. The highest BCUT2D eigenvalue weighted by Crippen LogP contribution is 2.34. The minimum Gasteiger partial charge on any atom is -0.367 e. The summed E-state index contributed by atoms with van der Waals surface area (Å²) < 4.78 is 11.3. The monoisotopic (exact) mass is 280 g/mol. The molecule has 1 aromatic rings. The lowest BCUT2D eigenvalue weighted by molar-refractivity contribution is -0.120. The van der Waals surface area contributed by atoms with Gasteiger partial charge in [0.15, 0.2) is 0 Å². The fourth-order valence-corrected chi connectivity index (χ4v) is 2.88. The van der Waals surface area contributed by atoms with Gasteiger partial charge >= 0.3 is 0 Å². The second-order valence-electron chi connectivity index (χ2n) is 5.40. The summed E-state index contributed by atoms with van der Waals surface area (Å²) >= 11 is 0. The molecule has 0 unspecified atom stereocenters. The van der Waals surface area contributed by atoms with Crippen LogP contribution >= 0.6 is 0 Å². The fraction of sp³-hybridized carbons (Fsp3) is 0.800. The maximum absolute atomic E-state index is 11.3. The van der Waals surface area contributed by atoms with Crippen LogP contribution in [-0.4, -0.2) is 22.5 Å². The zero-order valence-electron chi connectivity index (χ0n) is 12.6. The molecular formula is C15H24N2O3. The molecule has 0 amide bonds. The van der Waals surface area contributed by atoms with E-state index in [0.717, 1.165) is 25.7 Å². The Morgan fingerprint density at radius 1 is 1.25 bits per heavy atom. The molecule has 20 heavy (non-hydrogen) atoms. The Kier molecular flexibility index (Phi) is 4.91. The van der Waals surface area contributed by atoms with E-state index in [4.69, 9.17) is 9.26 Å². The van der Waals surface area contributed by atoms with E-state index in [2.05, 4.69) is 24.0 Å². The second-order valence-corrected chi connectivity index (χ2v) is 5.40. The molecule has 0 spiro atoms. The summed E-state index contributed by atoms with van der Waals surface area (Å²) in [6, 6.07) is 0. The first-order valence-electron chi connectivity index (χ1n) is 7.65. The van der Waals surface area contributed by atoms with Gasteiger partial charge in [-0.3, -0.25) is 4.79 Å². The Bertz CT molecular complexity index is 442. The van der Waals surface area contributed by atoms with E-state index in [1.54, 1.807) is 0 Å². The van der Waals surface area contributed by atoms with Gasteiger partial charge in [-0.1, -0.05) is 19.0 Å². The topological polar surface area (TPSA) is 65.2 Å². The molecule has 1 fully saturated rings. The number of Topliss-reactive ketones (excluding diaryl/α,β-unsaturated/α-hetero) is 1. The van der Waals surface area contributed by atoms with Crippen LogP contribution in [0.3, 0.4) is 0 Å². The highest BCUT2D eigenvalue weighted by atomic mass is 16.5. The summed E-state index contributed by atoms with van der Waals surface area (Å²) in [7, 11) is 0. The number of hydrogen-bond acceptors (Lipinski definition) is 5. The zero-order chi connectivity index (χ0) is 14.6. The van der Waals surface area contributed by atoms with Gasteiger partial charge in [0.05, 0.1) is 0 Å². The van der Waals surface area contributed by atoms with Crippen molar-refractivity contribution >= 4 is 5.78 Å². The maximum atomic E-state index is 11.3. The quantitative estimate of drug-likeness (QED) is 0.799. The summed E-state index contributed by atoms with van der Waals surface area (Å²) in [5, 5.41) is 4.15. The minimum atomic E-state index is -0.443. The number of nitrogens with zero attached hydrogens (tertiary/aromatic N) is 2. The number of carbonyl (C=O) groups is 1. The van der Waals surface area contributed by atoms with Crippen molar-refractivity contribution in [1.82, 2.24) is 10.1 Å². The molecule has 1 aromatic heterocycles. The second kappa shape index (κ2) is 6.48. The largest absolute Gasteiger partial charge is 0.367 e. The first-order chi connectivity index (χ1) is 9.65. The van der Waals surface area contributed by atoms with Crippen molar-refractivity contribution in [2.24, 2.45) is 0 Å². The Labute approximate surface area is 120 Å². The van der Waals surface area contributed by atoms with Crippen LogP contribution in [0.15, 0.2) is 4.52 Å². The third kappa shape index (κ3) is 2.92. The Balaban J connectivity index is 2.16. The van der Waals surface area contributed by atoms with Gasteiger partial charge in [0.1, 0.15) is 11.4 Å². The van der Waals surface area contributed by atoms with E-state index >= 15 is 0 Å². The van der Waals surface area contributed by atoms with Crippen LogP contribution in [0.25, 0.3) is 0 Å². The highest BCUT2D eigenvalue weighted by Gasteiger charge is 2.35. The van der Waals surface area contributed by atoms with Gasteiger partial charge in [-0.2, -0.15) is 4.98 Å². The van der Waals surface area contributed by atoms with Crippen LogP contribution in [-0.2, 0) is 15.1 Å². The molecule has 5 heteroatoms. The molecule has 2 rings (SSSR count). The van der Waals surface area contributed by atoms with Crippen LogP contribution in [0.5, 0.6) is 0 Å². The van der Waals surface area contributed by atoms with Crippen LogP contribution in [0.2, 0.25) is 0 Å². The molecule has 0 saturated heterocycles. The molecular weight excluding hydrogens is 256 g/mol. The highest BCUT2D eigenvalue weighted by molar-refractivity contribution is 5.79. The first kappa shape index (κ1) is 15.2. The summed E-state index contributed by atoms with van der Waals surface area (Å²) in [4.78, 5) is 15.9. The SMILES string of the molecule is CCOC(CC)(CC)c1noc(C2CCC(=O)CC2)n1. The van der Waals surface area contributed by atoms with E-state index in [1.165, 1.54) is 0 Å². The van der Waals surface area contributed by atoms with Gasteiger partial charge in [-0.05, 0) is 32.6 Å². The van der Waals surface area contributed by atoms with Crippen molar-refractivity contribution in [3.8, 4) is 0 Å². The summed E-state index contributed by atoms with van der Waals surface area (Å²) in [6.45, 7) is 6.76. The number of ketones is 1. The molecule has 1 heterocycles. The van der Waals surface area contributed by atoms with E-state index in [9.17, 15) is 4.79 Å². The molecule has 5 nitrogen and oxygen atoms in total. The summed E-state index contributed by atoms with van der Waals surface area (Å²) in [6.07, 6.45) is 4.53. The fourth-order valence-electron chi connectivity index (χ4n) is 2.88. The van der Waals surface area contributed by atoms with E-state index in [-0.39, 0.29) is 5.92 Å². The van der Waals surface area contributed by atoms with Gasteiger partial charge < -0.3 is 9.26 Å². The number of rotatable bonds is 6. The Morgan fingerprint density at radius 2 is 1.90 bits per heavy atom. The van der Waals surface area contributed by atoms with E-state index < -0.39 is 5.60 Å². The normalized spacial score (nSPS) is 17.6. The number of aromatic nitrogens is 2. The van der Waals surface area contributed by atoms with Crippen molar-refractivity contribution in [3.63, 3.8) is 0 Å². The molecule has 0 N–H and O–H groups in total. The third-order valence-electron chi connectivity index (χ3n) is 4.30. The number of carbonyl (C=O) groups excluding carboxylic acids is 1. The first-order valence-corrected chi connectivity index (χ1v) is 7.65. The molecule has 0 aromatic carbocycles. The van der Waals surface area contributed by atoms with Crippen LogP contribution < -0.4 is 0 Å². The smallest absolute Gasteiger partial charge is 0.229 e. The van der Waals surface area contributed by atoms with Gasteiger partial charge in [0.25, 0.3) is 0 Å². The predicted molar refractivity (Wildman–Crippen MR) is 74.4 cm³/mol. The average molecular weight is 280 g/mol. The van der Waals surface area contributed by atoms with Gasteiger partial charge in [-0.25, -0.2) is 0 Å². The van der Waals surface area contributed by atoms with Crippen LogP contribution in [0, 0.1) is 0 Å². The molecule has 1 saturated carbocycles. The predicted octanol–water partition coefficient (Wildman–Crippen LogP) is 3.35. The van der Waals surface area contributed by atoms with Crippen molar-refractivity contribution in [1.29, 1.82) is 0 Å². The maximum Gasteiger partial charge on any atom is 0.229 e. The van der Waals surface area contributed by atoms with Crippen molar-refractivity contribution in [2.45, 2.75) is 70.8 Å². The molecule has 0 bridgehead atoms. The van der Waals surface area contributed by atoms with E-state index in [0.29, 0.717) is 36.9 Å². The van der Waals surface area contributed by atoms with Crippen LogP contribution in [0.1, 0.15) is 76.9 Å². The molecule has 1 aliphatic carbocycles. The number of hydrogen-bond donors (Lipinski definition) is 0. The van der Waals surface area contributed by atoms with Crippen molar-refractivity contribution < 1.29 is 14.1 Å². The lowest BCUT2D eigenvalue weighted by Crippen LogP contribution is -2.30. The van der Waals surface area contributed by atoms with Crippen molar-refractivity contribution in [3.05, 3.63) is 11.7 Å². The molecule has 1 aliphatic rings. The Morgan fingerprint density at radius 3 is 2.45 bits per heavy atom. The summed E-state index contributed by atoms with van der Waals surface area (Å²) in [5.41, 5.74) is -0.443. The van der Waals surface area contributed by atoms with Crippen molar-refractivity contribution in [2.75, 3.05) is 6.61 Å². The summed E-state index contributed by atoms with van der Waals surface area (Å²) in [5.74, 6) is 1.88. The van der Waals surface area contributed by atoms with E-state index in [1.807, 2.05) is 6.92 Å². The van der Waals surface area contributed by atoms with Gasteiger partial charge in [-0.15, -0.1) is 0 Å². The lowest BCUT2D eigenvalue weighted by atomic mass is 9.88.